The van der Waals surface area contributed by atoms with Crippen LogP contribution >= 0.6 is 11.3 Å². The van der Waals surface area contributed by atoms with Crippen LogP contribution in [0.2, 0.25) is 0 Å². The number of nitrogens with zero attached hydrogens (tertiary/aromatic N) is 2. The van der Waals surface area contributed by atoms with Crippen LogP contribution in [0.4, 0.5) is 9.93 Å². The SMILES string of the molecule is CCOC(=O)[n+]1ccsc1NCN(C)C.[Br-]. The van der Waals surface area contributed by atoms with E-state index in [4.69, 9.17) is 4.74 Å². The summed E-state index contributed by atoms with van der Waals surface area (Å²) < 4.78 is 6.38. The van der Waals surface area contributed by atoms with Gasteiger partial charge in [0, 0.05) is 5.38 Å². The summed E-state index contributed by atoms with van der Waals surface area (Å²) in [5.41, 5.74) is 0. The summed E-state index contributed by atoms with van der Waals surface area (Å²) in [5.74, 6) is 0. The standard InChI is InChI=1S/C9H15N3O2S.BrH/c1-4-14-9(13)12-5-6-15-8(12)10-7-11(2)3;/h5-6H,4,7H2,1-3H3;1H. The molecule has 0 saturated heterocycles. The Labute approximate surface area is 110 Å². The number of carbonyl (C=O) groups is 1. The molecule has 0 aliphatic rings. The van der Waals surface area contributed by atoms with Gasteiger partial charge in [0.1, 0.15) is 12.9 Å². The molecule has 0 aromatic carbocycles. The van der Waals surface area contributed by atoms with Crippen molar-refractivity contribution in [3.05, 3.63) is 11.6 Å². The van der Waals surface area contributed by atoms with Gasteiger partial charge < -0.3 is 21.7 Å². The van der Waals surface area contributed by atoms with Crippen LogP contribution in [0.25, 0.3) is 0 Å². The van der Waals surface area contributed by atoms with E-state index in [-0.39, 0.29) is 23.1 Å². The maximum Gasteiger partial charge on any atom is 0.512 e. The third kappa shape index (κ3) is 4.46. The number of rotatable bonds is 4. The summed E-state index contributed by atoms with van der Waals surface area (Å²) in [4.78, 5) is 13.4. The molecule has 1 rings (SSSR count). The van der Waals surface area contributed by atoms with Crippen molar-refractivity contribution in [2.45, 2.75) is 6.92 Å². The summed E-state index contributed by atoms with van der Waals surface area (Å²) in [6.45, 7) is 2.85. The van der Waals surface area contributed by atoms with Gasteiger partial charge in [0.05, 0.1) is 6.61 Å². The zero-order valence-electron chi connectivity index (χ0n) is 9.57. The number of thiazole rings is 1. The van der Waals surface area contributed by atoms with Gasteiger partial charge in [0.15, 0.2) is 0 Å². The summed E-state index contributed by atoms with van der Waals surface area (Å²) in [6.07, 6.45) is 1.35. The Bertz CT molecular complexity index is 330. The maximum absolute atomic E-state index is 11.5. The maximum atomic E-state index is 11.5. The zero-order chi connectivity index (χ0) is 11.3. The lowest BCUT2D eigenvalue weighted by Crippen LogP contribution is -3.00. The van der Waals surface area contributed by atoms with E-state index in [9.17, 15) is 4.79 Å². The largest absolute Gasteiger partial charge is 1.00 e. The van der Waals surface area contributed by atoms with Crippen LogP contribution in [0.3, 0.4) is 0 Å². The number of nitrogens with one attached hydrogen (secondary N) is 1. The first-order valence-corrected chi connectivity index (χ1v) is 5.58. The Balaban J connectivity index is 0.00000225. The van der Waals surface area contributed by atoms with E-state index in [0.717, 1.165) is 5.13 Å². The van der Waals surface area contributed by atoms with Gasteiger partial charge >= 0.3 is 11.2 Å². The predicted molar refractivity (Wildman–Crippen MR) is 59.1 cm³/mol. The van der Waals surface area contributed by atoms with Crippen LogP contribution in [0, 0.1) is 0 Å². The van der Waals surface area contributed by atoms with Crippen molar-refractivity contribution >= 4 is 22.6 Å². The molecule has 0 aliphatic carbocycles. The third-order valence-electron chi connectivity index (χ3n) is 1.62. The first kappa shape index (κ1) is 15.3. The van der Waals surface area contributed by atoms with E-state index >= 15 is 0 Å². The molecule has 7 heteroatoms. The summed E-state index contributed by atoms with van der Waals surface area (Å²) in [5, 5.41) is 5.76. The minimum absolute atomic E-state index is 0. The molecule has 1 N–H and O–H groups in total. The van der Waals surface area contributed by atoms with Crippen LogP contribution in [0.5, 0.6) is 0 Å². The molecule has 0 fully saturated rings. The molecule has 0 spiro atoms. The normalized spacial score (nSPS) is 9.75. The van der Waals surface area contributed by atoms with Gasteiger partial charge in [-0.15, -0.1) is 4.57 Å². The summed E-state index contributed by atoms with van der Waals surface area (Å²) >= 11 is 1.47. The molecule has 0 unspecified atom stereocenters. The van der Waals surface area contributed by atoms with E-state index in [2.05, 4.69) is 5.32 Å². The fourth-order valence-electron chi connectivity index (χ4n) is 0.970. The van der Waals surface area contributed by atoms with E-state index in [0.29, 0.717) is 13.3 Å². The number of anilines is 1. The lowest BCUT2D eigenvalue weighted by atomic mass is 10.8. The molecular weight excluding hydrogens is 294 g/mol. The van der Waals surface area contributed by atoms with Gasteiger partial charge in [-0.3, -0.25) is 10.2 Å². The van der Waals surface area contributed by atoms with Crippen molar-refractivity contribution < 1.29 is 31.1 Å². The van der Waals surface area contributed by atoms with Crippen molar-refractivity contribution in [3.8, 4) is 0 Å². The van der Waals surface area contributed by atoms with E-state index in [1.54, 1.807) is 13.1 Å². The van der Waals surface area contributed by atoms with Crippen LogP contribution in [-0.4, -0.2) is 38.4 Å². The molecule has 0 bridgehead atoms. The minimum Gasteiger partial charge on any atom is -1.00 e. The number of aromatic nitrogens is 1. The molecule has 0 aliphatic heterocycles. The van der Waals surface area contributed by atoms with Gasteiger partial charge in [0.25, 0.3) is 0 Å². The summed E-state index contributed by atoms with van der Waals surface area (Å²) in [7, 11) is 3.91. The molecule has 92 valence electrons. The molecule has 0 saturated carbocycles. The molecule has 0 radical (unpaired) electrons. The highest BCUT2D eigenvalue weighted by molar-refractivity contribution is 7.13. The Kier molecular flexibility index (Phi) is 7.27. The molecular formula is C9H16BrN3O2S. The minimum atomic E-state index is -0.347. The van der Waals surface area contributed by atoms with Gasteiger partial charge in [0.2, 0.25) is 0 Å². The number of halogens is 1. The Morgan fingerprint density at radius 3 is 2.88 bits per heavy atom. The Morgan fingerprint density at radius 2 is 2.31 bits per heavy atom. The van der Waals surface area contributed by atoms with Crippen molar-refractivity contribution in [1.29, 1.82) is 0 Å². The highest BCUT2D eigenvalue weighted by atomic mass is 79.9. The van der Waals surface area contributed by atoms with E-state index in [1.165, 1.54) is 15.9 Å². The molecule has 5 nitrogen and oxygen atoms in total. The number of ether oxygens (including phenoxy) is 1. The van der Waals surface area contributed by atoms with Crippen LogP contribution in [-0.2, 0) is 4.74 Å². The van der Waals surface area contributed by atoms with Gasteiger partial charge in [-0.2, -0.15) is 4.79 Å². The van der Waals surface area contributed by atoms with Crippen LogP contribution < -0.4 is 26.9 Å². The fraction of sp³-hybridized carbons (Fsp3) is 0.556. The van der Waals surface area contributed by atoms with Gasteiger partial charge in [-0.05, 0) is 21.0 Å². The third-order valence-corrected chi connectivity index (χ3v) is 2.44. The highest BCUT2D eigenvalue weighted by Crippen LogP contribution is 2.08. The summed E-state index contributed by atoms with van der Waals surface area (Å²) in [6, 6.07) is 0. The van der Waals surface area contributed by atoms with Crippen LogP contribution in [0.15, 0.2) is 11.6 Å². The van der Waals surface area contributed by atoms with Crippen molar-refractivity contribution in [2.24, 2.45) is 0 Å². The van der Waals surface area contributed by atoms with E-state index in [1.807, 2.05) is 24.4 Å². The second-order valence-electron chi connectivity index (χ2n) is 3.19. The topological polar surface area (TPSA) is 45.5 Å². The monoisotopic (exact) mass is 309 g/mol. The van der Waals surface area contributed by atoms with E-state index < -0.39 is 0 Å². The lowest BCUT2D eigenvalue weighted by Gasteiger charge is -2.06. The number of carbonyl (C=O) groups excluding carboxylic acids is 1. The first-order chi connectivity index (χ1) is 7.15. The molecule has 1 aromatic heterocycles. The van der Waals surface area contributed by atoms with Crippen molar-refractivity contribution in [2.75, 3.05) is 32.7 Å². The zero-order valence-corrected chi connectivity index (χ0v) is 12.0. The average molecular weight is 310 g/mol. The molecule has 1 heterocycles. The quantitative estimate of drug-likeness (QED) is 0.515. The molecule has 0 amide bonds. The number of hydrogen-bond donors (Lipinski definition) is 1. The highest BCUT2D eigenvalue weighted by Gasteiger charge is 2.19. The fourth-order valence-corrected chi connectivity index (χ4v) is 1.68. The predicted octanol–water partition coefficient (Wildman–Crippen LogP) is -2.02. The smallest absolute Gasteiger partial charge is 0.512 e. The van der Waals surface area contributed by atoms with Gasteiger partial charge in [-0.1, -0.05) is 11.3 Å². The second-order valence-corrected chi connectivity index (χ2v) is 4.09. The van der Waals surface area contributed by atoms with Crippen molar-refractivity contribution in [3.63, 3.8) is 0 Å². The first-order valence-electron chi connectivity index (χ1n) is 4.70. The van der Waals surface area contributed by atoms with Gasteiger partial charge in [-0.25, -0.2) is 0 Å². The van der Waals surface area contributed by atoms with Crippen LogP contribution in [0.1, 0.15) is 6.92 Å². The Hall–Kier alpha value is -0.660. The average Bonchev–Trinajstić information content (AvgIpc) is 2.62. The molecule has 1 aromatic rings. The molecule has 16 heavy (non-hydrogen) atoms. The Morgan fingerprint density at radius 1 is 1.62 bits per heavy atom. The second kappa shape index (κ2) is 7.59. The number of hydrogen-bond acceptors (Lipinski definition) is 5. The lowest BCUT2D eigenvalue weighted by molar-refractivity contribution is -0.566. The van der Waals surface area contributed by atoms with Crippen molar-refractivity contribution in [1.82, 2.24) is 4.90 Å². The molecule has 0 atom stereocenters.